The molecule has 0 aromatic carbocycles. The van der Waals surface area contributed by atoms with Crippen molar-refractivity contribution in [2.75, 3.05) is 0 Å². The molecule has 0 fully saturated rings. The van der Waals surface area contributed by atoms with E-state index in [4.69, 9.17) is 0 Å². The van der Waals surface area contributed by atoms with E-state index < -0.39 is 0 Å². The summed E-state index contributed by atoms with van der Waals surface area (Å²) in [7, 11) is 0. The Morgan fingerprint density at radius 3 is 2.80 bits per heavy atom. The van der Waals surface area contributed by atoms with Crippen molar-refractivity contribution in [2.45, 2.75) is 19.0 Å². The van der Waals surface area contributed by atoms with Crippen LogP contribution in [0.2, 0.25) is 0 Å². The first-order valence-electron chi connectivity index (χ1n) is 7.85. The predicted octanol–water partition coefficient (Wildman–Crippen LogP) is 3.18. The van der Waals surface area contributed by atoms with E-state index in [2.05, 4.69) is 5.10 Å². The van der Waals surface area contributed by atoms with Crippen LogP contribution in [0.5, 0.6) is 5.75 Å². The van der Waals surface area contributed by atoms with Crippen molar-refractivity contribution < 1.29 is 14.5 Å². The minimum atomic E-state index is -0.0967. The van der Waals surface area contributed by atoms with Gasteiger partial charge in [0, 0.05) is 17.4 Å². The highest BCUT2D eigenvalue weighted by molar-refractivity contribution is 7.12. The van der Waals surface area contributed by atoms with Crippen LogP contribution < -0.4 is 4.57 Å². The standard InChI is InChI=1S/C18H15N3O2S2/c22-13-4-1-7-20(11-13)12-18(23)21-15(17-6-3-9-25-17)10-14(19-21)16-5-2-8-24-16/h1-9,11,15H,10,12H2/p+1/t15-/m0/s1. The molecule has 0 spiro atoms. The van der Waals surface area contributed by atoms with Gasteiger partial charge in [-0.1, -0.05) is 12.1 Å². The second-order valence-electron chi connectivity index (χ2n) is 5.73. The summed E-state index contributed by atoms with van der Waals surface area (Å²) >= 11 is 3.27. The molecule has 0 bridgehead atoms. The summed E-state index contributed by atoms with van der Waals surface area (Å²) in [4.78, 5) is 15.1. The Morgan fingerprint density at radius 2 is 2.08 bits per heavy atom. The summed E-state index contributed by atoms with van der Waals surface area (Å²) < 4.78 is 1.67. The minimum absolute atomic E-state index is 0.0671. The lowest BCUT2D eigenvalue weighted by Crippen LogP contribution is -2.42. The Kier molecular flexibility index (Phi) is 4.33. The molecule has 3 aromatic heterocycles. The van der Waals surface area contributed by atoms with Crippen molar-refractivity contribution in [3.63, 3.8) is 0 Å². The summed E-state index contributed by atoms with van der Waals surface area (Å²) in [5.74, 6) is 0.0369. The highest BCUT2D eigenvalue weighted by Crippen LogP contribution is 2.35. The lowest BCUT2D eigenvalue weighted by molar-refractivity contribution is -0.685. The number of hydrazone groups is 1. The van der Waals surface area contributed by atoms with Crippen LogP contribution in [0.25, 0.3) is 0 Å². The van der Waals surface area contributed by atoms with Crippen LogP contribution in [0, 0.1) is 0 Å². The number of thiophene rings is 2. The molecule has 4 rings (SSSR count). The molecule has 7 heteroatoms. The first-order chi connectivity index (χ1) is 12.2. The first kappa shape index (κ1) is 16.0. The number of carbonyl (C=O) groups excluding carboxylic acids is 1. The highest BCUT2D eigenvalue weighted by atomic mass is 32.1. The van der Waals surface area contributed by atoms with Crippen molar-refractivity contribution in [3.8, 4) is 5.75 Å². The molecule has 0 unspecified atom stereocenters. The monoisotopic (exact) mass is 370 g/mol. The molecule has 0 radical (unpaired) electrons. The molecule has 0 saturated carbocycles. The zero-order valence-corrected chi connectivity index (χ0v) is 14.9. The molecule has 3 aromatic rings. The lowest BCUT2D eigenvalue weighted by atomic mass is 10.1. The average Bonchev–Trinajstić information content (AvgIpc) is 3.34. The van der Waals surface area contributed by atoms with E-state index in [1.807, 2.05) is 35.0 Å². The third-order valence-corrected chi connectivity index (χ3v) is 5.90. The van der Waals surface area contributed by atoms with Gasteiger partial charge in [0.1, 0.15) is 0 Å². The largest absolute Gasteiger partial charge is 0.503 e. The topological polar surface area (TPSA) is 56.8 Å². The number of hydrogen-bond acceptors (Lipinski definition) is 5. The molecule has 1 N–H and O–H groups in total. The molecule has 126 valence electrons. The van der Waals surface area contributed by atoms with Crippen molar-refractivity contribution in [1.29, 1.82) is 0 Å². The summed E-state index contributed by atoms with van der Waals surface area (Å²) in [6, 6.07) is 11.3. The number of aromatic hydroxyl groups is 1. The number of carbonyl (C=O) groups is 1. The molecule has 1 atom stereocenters. The number of pyridine rings is 1. The fourth-order valence-corrected chi connectivity index (χ4v) is 4.40. The number of amides is 1. The van der Waals surface area contributed by atoms with Crippen LogP contribution in [-0.2, 0) is 11.3 Å². The van der Waals surface area contributed by atoms with Crippen molar-refractivity contribution >= 4 is 34.3 Å². The van der Waals surface area contributed by atoms with Gasteiger partial charge in [-0.15, -0.1) is 22.7 Å². The number of nitrogens with zero attached hydrogens (tertiary/aromatic N) is 3. The second-order valence-corrected chi connectivity index (χ2v) is 7.66. The van der Waals surface area contributed by atoms with E-state index >= 15 is 0 Å². The molecule has 1 amide bonds. The molecule has 0 saturated heterocycles. The molecule has 25 heavy (non-hydrogen) atoms. The Hall–Kier alpha value is -2.51. The molecule has 1 aliphatic rings. The van der Waals surface area contributed by atoms with Gasteiger partial charge >= 0.3 is 5.91 Å². The molecule has 1 aliphatic heterocycles. The number of rotatable bonds is 4. The Morgan fingerprint density at radius 1 is 1.24 bits per heavy atom. The van der Waals surface area contributed by atoms with Crippen LogP contribution in [0.1, 0.15) is 22.2 Å². The fourth-order valence-electron chi connectivity index (χ4n) is 2.87. The number of hydrogen-bond donors (Lipinski definition) is 1. The summed E-state index contributed by atoms with van der Waals surface area (Å²) in [6.45, 7) is 0.136. The Bertz CT molecular complexity index is 904. The number of aromatic nitrogens is 1. The van der Waals surface area contributed by atoms with Gasteiger partial charge < -0.3 is 5.11 Å². The Balaban J connectivity index is 1.62. The van der Waals surface area contributed by atoms with Crippen molar-refractivity contribution in [3.05, 3.63) is 69.3 Å². The van der Waals surface area contributed by atoms with Gasteiger partial charge in [-0.2, -0.15) is 9.67 Å². The summed E-state index contributed by atoms with van der Waals surface area (Å²) in [5, 5.41) is 19.9. The zero-order valence-electron chi connectivity index (χ0n) is 13.3. The molecule has 5 nitrogen and oxygen atoms in total. The third-order valence-electron chi connectivity index (χ3n) is 4.00. The summed E-state index contributed by atoms with van der Waals surface area (Å²) in [6.07, 6.45) is 4.02. The van der Waals surface area contributed by atoms with Crippen LogP contribution in [0.15, 0.2) is 64.7 Å². The predicted molar refractivity (Wildman–Crippen MR) is 97.7 cm³/mol. The van der Waals surface area contributed by atoms with E-state index in [0.717, 1.165) is 21.9 Å². The third kappa shape index (κ3) is 3.33. The van der Waals surface area contributed by atoms with E-state index in [-0.39, 0.29) is 24.2 Å². The highest BCUT2D eigenvalue weighted by Gasteiger charge is 2.35. The van der Waals surface area contributed by atoms with Gasteiger partial charge in [-0.25, -0.2) is 5.01 Å². The SMILES string of the molecule is O=C(C[n+]1cccc(O)c1)N1N=C(c2cccs2)C[C@H]1c1cccs1. The van der Waals surface area contributed by atoms with E-state index in [1.165, 1.54) is 6.20 Å². The summed E-state index contributed by atoms with van der Waals surface area (Å²) in [5.41, 5.74) is 0.947. The quantitative estimate of drug-likeness (QED) is 0.717. The zero-order chi connectivity index (χ0) is 17.2. The van der Waals surface area contributed by atoms with Crippen LogP contribution in [-0.4, -0.2) is 21.7 Å². The van der Waals surface area contributed by atoms with E-state index in [0.29, 0.717) is 0 Å². The lowest BCUT2D eigenvalue weighted by Gasteiger charge is -2.19. The maximum Gasteiger partial charge on any atom is 0.309 e. The fraction of sp³-hybridized carbons (Fsp3) is 0.167. The maximum atomic E-state index is 12.9. The molecular formula is C18H16N3O2S2+. The smallest absolute Gasteiger partial charge is 0.309 e. The van der Waals surface area contributed by atoms with Crippen molar-refractivity contribution in [1.82, 2.24) is 5.01 Å². The van der Waals surface area contributed by atoms with E-state index in [1.54, 1.807) is 50.6 Å². The van der Waals surface area contributed by atoms with E-state index in [9.17, 15) is 9.90 Å². The van der Waals surface area contributed by atoms with Gasteiger partial charge in [0.2, 0.25) is 12.7 Å². The maximum absolute atomic E-state index is 12.9. The van der Waals surface area contributed by atoms with Gasteiger partial charge in [0.15, 0.2) is 11.9 Å². The van der Waals surface area contributed by atoms with Gasteiger partial charge in [0.05, 0.1) is 16.6 Å². The molecule has 4 heterocycles. The Labute approximate surface area is 153 Å². The van der Waals surface area contributed by atoms with Gasteiger partial charge in [-0.3, -0.25) is 4.79 Å². The van der Waals surface area contributed by atoms with Gasteiger partial charge in [-0.05, 0) is 29.0 Å². The first-order valence-corrected chi connectivity index (χ1v) is 9.61. The molecule has 0 aliphatic carbocycles. The van der Waals surface area contributed by atoms with Crippen molar-refractivity contribution in [2.24, 2.45) is 5.10 Å². The van der Waals surface area contributed by atoms with Crippen LogP contribution >= 0.6 is 22.7 Å². The van der Waals surface area contributed by atoms with Gasteiger partial charge in [0.25, 0.3) is 0 Å². The van der Waals surface area contributed by atoms with Crippen LogP contribution in [0.4, 0.5) is 0 Å². The average molecular weight is 370 g/mol. The minimum Gasteiger partial charge on any atom is -0.503 e. The normalized spacial score (nSPS) is 16.9. The molecular weight excluding hydrogens is 354 g/mol. The second kappa shape index (κ2) is 6.78. The van der Waals surface area contributed by atoms with Crippen LogP contribution in [0.3, 0.4) is 0 Å².